The van der Waals surface area contributed by atoms with Crippen LogP contribution in [0.25, 0.3) is 0 Å². The van der Waals surface area contributed by atoms with E-state index < -0.39 is 23.5 Å². The molecule has 0 unspecified atom stereocenters. The van der Waals surface area contributed by atoms with E-state index in [1.807, 2.05) is 32.9 Å². The van der Waals surface area contributed by atoms with Gasteiger partial charge >= 0.3 is 18.4 Å². The van der Waals surface area contributed by atoms with Crippen molar-refractivity contribution in [2.75, 3.05) is 31.5 Å². The molecule has 0 aliphatic carbocycles. The SMILES string of the molecule is C1=CCNC1.CC(C)(C)OC(=O)N1CC=CC1.CC(C)(C)OC(=O)OC(=O)OC(C)(C)C.ClCCl. The lowest BCUT2D eigenvalue weighted by Gasteiger charge is -2.23. The van der Waals surface area contributed by atoms with E-state index in [9.17, 15) is 14.4 Å². The van der Waals surface area contributed by atoms with Crippen LogP contribution in [0.2, 0.25) is 0 Å². The smallest absolute Gasteiger partial charge is 0.444 e. The lowest BCUT2D eigenvalue weighted by Crippen LogP contribution is -2.35. The summed E-state index contributed by atoms with van der Waals surface area (Å²) >= 11 is 9.53. The highest BCUT2D eigenvalue weighted by atomic mass is 35.5. The molecule has 2 heterocycles. The van der Waals surface area contributed by atoms with Gasteiger partial charge in [0, 0.05) is 26.2 Å². The van der Waals surface area contributed by atoms with Gasteiger partial charge in [0.25, 0.3) is 0 Å². The lowest BCUT2D eigenvalue weighted by molar-refractivity contribution is -0.0294. The molecule has 0 spiro atoms. The number of ether oxygens (including phenoxy) is 4. The van der Waals surface area contributed by atoms with Crippen LogP contribution in [0.5, 0.6) is 0 Å². The Kier molecular flexibility index (Phi) is 17.6. The largest absolute Gasteiger partial charge is 0.519 e. The molecular weight excluding hydrogens is 499 g/mol. The van der Waals surface area contributed by atoms with Gasteiger partial charge in [0.1, 0.15) is 16.8 Å². The topological polar surface area (TPSA) is 103 Å². The molecule has 11 heteroatoms. The number of carbonyl (C=O) groups is 3. The summed E-state index contributed by atoms with van der Waals surface area (Å²) in [5.41, 5.74) is -1.78. The van der Waals surface area contributed by atoms with Crippen LogP contribution in [-0.4, -0.2) is 71.6 Å². The normalized spacial score (nSPS) is 14.3. The molecule has 1 N–H and O–H groups in total. The second-order valence-corrected chi connectivity index (χ2v) is 10.9. The van der Waals surface area contributed by atoms with E-state index in [0.29, 0.717) is 13.1 Å². The quantitative estimate of drug-likeness (QED) is 0.127. The first-order valence-electron chi connectivity index (χ1n) is 11.1. The number of amides is 1. The summed E-state index contributed by atoms with van der Waals surface area (Å²) in [6.45, 7) is 19.1. The van der Waals surface area contributed by atoms with Crippen molar-refractivity contribution in [2.24, 2.45) is 0 Å². The lowest BCUT2D eigenvalue weighted by atomic mass is 10.2. The molecule has 0 radical (unpaired) electrons. The fourth-order valence-electron chi connectivity index (χ4n) is 1.98. The molecule has 0 saturated heterocycles. The third-order valence-electron chi connectivity index (χ3n) is 3.11. The van der Waals surface area contributed by atoms with Crippen molar-refractivity contribution in [2.45, 2.75) is 79.1 Å². The van der Waals surface area contributed by atoms with E-state index in [4.69, 9.17) is 37.4 Å². The first-order chi connectivity index (χ1) is 15.9. The van der Waals surface area contributed by atoms with Gasteiger partial charge in [-0.15, -0.1) is 23.2 Å². The standard InChI is InChI=1S/C10H18O5.C9H15NO2.C4H7N.CH2Cl2/c1-9(2,3)14-7(11)13-8(12)15-10(4,5)6;1-9(2,3)12-8(11)10-6-4-5-7-10;1-2-4-5-3-1;2-1-3/h1-6H3;4-5H,6-7H2,1-3H3;1-2,5H,3-4H2;1H2. The van der Waals surface area contributed by atoms with Gasteiger partial charge in [0.05, 0.1) is 5.34 Å². The summed E-state index contributed by atoms with van der Waals surface area (Å²) < 4.78 is 19.0. The number of nitrogens with zero attached hydrogens (tertiary/aromatic N) is 1. The zero-order valence-electron chi connectivity index (χ0n) is 22.4. The summed E-state index contributed by atoms with van der Waals surface area (Å²) in [6.07, 6.45) is 5.83. The highest BCUT2D eigenvalue weighted by Gasteiger charge is 2.24. The molecule has 0 aromatic rings. The van der Waals surface area contributed by atoms with Crippen LogP contribution in [0, 0.1) is 0 Å². The average molecular weight is 542 g/mol. The van der Waals surface area contributed by atoms with Crippen LogP contribution in [0.4, 0.5) is 14.4 Å². The summed E-state index contributed by atoms with van der Waals surface area (Å²) in [6, 6.07) is 0. The number of halogens is 2. The van der Waals surface area contributed by atoms with E-state index in [1.165, 1.54) is 0 Å². The number of nitrogens with one attached hydrogen (secondary N) is 1. The van der Waals surface area contributed by atoms with Crippen LogP contribution in [0.1, 0.15) is 62.3 Å². The Morgan fingerprint density at radius 1 is 0.714 bits per heavy atom. The van der Waals surface area contributed by atoms with Crippen LogP contribution in [0.3, 0.4) is 0 Å². The Bertz CT molecular complexity index is 651. The fourth-order valence-corrected chi connectivity index (χ4v) is 1.98. The van der Waals surface area contributed by atoms with Gasteiger partial charge in [-0.3, -0.25) is 0 Å². The van der Waals surface area contributed by atoms with Crippen LogP contribution in [-0.2, 0) is 18.9 Å². The molecule has 1 amide bonds. The van der Waals surface area contributed by atoms with Gasteiger partial charge in [-0.2, -0.15) is 0 Å². The number of alkyl halides is 2. The number of carbonyl (C=O) groups excluding carboxylic acids is 3. The van der Waals surface area contributed by atoms with Gasteiger partial charge in [-0.25, -0.2) is 14.4 Å². The maximum atomic E-state index is 11.3. The number of hydrogen-bond acceptors (Lipinski definition) is 8. The van der Waals surface area contributed by atoms with Crippen LogP contribution < -0.4 is 5.32 Å². The number of hydrogen-bond donors (Lipinski definition) is 1. The molecule has 0 saturated carbocycles. The predicted molar refractivity (Wildman–Crippen MR) is 139 cm³/mol. The highest BCUT2D eigenvalue weighted by Crippen LogP contribution is 2.12. The third kappa shape index (κ3) is 26.5. The molecule has 0 aromatic carbocycles. The van der Waals surface area contributed by atoms with Gasteiger partial charge in [-0.05, 0) is 62.3 Å². The molecule has 9 nitrogen and oxygen atoms in total. The zero-order valence-corrected chi connectivity index (χ0v) is 23.9. The summed E-state index contributed by atoms with van der Waals surface area (Å²) in [5.74, 6) is 0. The first-order valence-corrected chi connectivity index (χ1v) is 12.2. The monoisotopic (exact) mass is 540 g/mol. The summed E-state index contributed by atoms with van der Waals surface area (Å²) in [5, 5.41) is 3.31. The van der Waals surface area contributed by atoms with Gasteiger partial charge in [0.2, 0.25) is 0 Å². The minimum Gasteiger partial charge on any atom is -0.444 e. The zero-order chi connectivity index (χ0) is 27.7. The predicted octanol–water partition coefficient (Wildman–Crippen LogP) is 6.23. The Balaban J connectivity index is 0. The maximum Gasteiger partial charge on any atom is 0.519 e. The first kappa shape index (κ1) is 35.2. The van der Waals surface area contributed by atoms with Gasteiger partial charge in [-0.1, -0.05) is 24.3 Å². The molecule has 0 bridgehead atoms. The Morgan fingerprint density at radius 2 is 1.06 bits per heavy atom. The Hall–Kier alpha value is -1.97. The molecule has 2 rings (SSSR count). The second kappa shape index (κ2) is 17.5. The van der Waals surface area contributed by atoms with Crippen molar-refractivity contribution >= 4 is 41.6 Å². The van der Waals surface area contributed by atoms with Crippen molar-refractivity contribution in [3.8, 4) is 0 Å². The summed E-state index contributed by atoms with van der Waals surface area (Å²) in [4.78, 5) is 35.0. The van der Waals surface area contributed by atoms with E-state index in [-0.39, 0.29) is 17.0 Å². The number of rotatable bonds is 0. The van der Waals surface area contributed by atoms with Crippen molar-refractivity contribution in [3.05, 3.63) is 24.3 Å². The van der Waals surface area contributed by atoms with Crippen LogP contribution >= 0.6 is 23.2 Å². The molecular formula is C24H42Cl2N2O7. The molecule has 0 atom stereocenters. The van der Waals surface area contributed by atoms with E-state index in [1.54, 1.807) is 46.4 Å². The Morgan fingerprint density at radius 3 is 1.31 bits per heavy atom. The van der Waals surface area contributed by atoms with Crippen LogP contribution in [0.15, 0.2) is 24.3 Å². The second-order valence-electron chi connectivity index (χ2n) is 10.1. The maximum absolute atomic E-state index is 11.3. The Labute approximate surface area is 220 Å². The molecule has 2 aliphatic rings. The molecule has 2 aliphatic heterocycles. The highest BCUT2D eigenvalue weighted by molar-refractivity contribution is 6.40. The fraction of sp³-hybridized carbons (Fsp3) is 0.708. The average Bonchev–Trinajstić information content (AvgIpc) is 3.35. The molecule has 0 fully saturated rings. The van der Waals surface area contributed by atoms with Crippen molar-refractivity contribution < 1.29 is 33.3 Å². The van der Waals surface area contributed by atoms with Gasteiger partial charge in [0.15, 0.2) is 0 Å². The van der Waals surface area contributed by atoms with E-state index in [2.05, 4.69) is 22.2 Å². The minimum absolute atomic E-state index is 0.194. The molecule has 0 aromatic heterocycles. The molecule has 35 heavy (non-hydrogen) atoms. The van der Waals surface area contributed by atoms with Crippen molar-refractivity contribution in [3.63, 3.8) is 0 Å². The van der Waals surface area contributed by atoms with E-state index >= 15 is 0 Å². The van der Waals surface area contributed by atoms with Crippen molar-refractivity contribution in [1.82, 2.24) is 10.2 Å². The molecule has 204 valence electrons. The summed E-state index contributed by atoms with van der Waals surface area (Å²) in [7, 11) is 0. The van der Waals surface area contributed by atoms with Crippen molar-refractivity contribution in [1.29, 1.82) is 0 Å². The van der Waals surface area contributed by atoms with Gasteiger partial charge < -0.3 is 29.2 Å². The van der Waals surface area contributed by atoms with E-state index in [0.717, 1.165) is 13.1 Å². The minimum atomic E-state index is -1.06. The third-order valence-corrected chi connectivity index (χ3v) is 3.11.